The molecule has 72 valence electrons. The van der Waals surface area contributed by atoms with Crippen LogP contribution < -0.4 is 0 Å². The van der Waals surface area contributed by atoms with E-state index >= 15 is 0 Å². The largest absolute Gasteiger partial charge is 0.438 e. The first kappa shape index (κ1) is 11.6. The quantitative estimate of drug-likeness (QED) is 0.413. The van der Waals surface area contributed by atoms with Gasteiger partial charge in [-0.05, 0) is 20.8 Å². The third-order valence-electron chi connectivity index (χ3n) is 0.985. The number of ether oxygens (including phenoxy) is 1. The van der Waals surface area contributed by atoms with E-state index in [0.29, 0.717) is 0 Å². The van der Waals surface area contributed by atoms with Crippen LogP contribution in [-0.2, 0) is 18.6 Å². The topological polar surface area (TPSA) is 72.8 Å². The van der Waals surface area contributed by atoms with Crippen molar-refractivity contribution in [2.75, 3.05) is 6.79 Å². The molecule has 0 bridgehead atoms. The molecule has 0 heterocycles. The van der Waals surface area contributed by atoms with Gasteiger partial charge in [0.1, 0.15) is 0 Å². The second kappa shape index (κ2) is 4.60. The molecule has 1 unspecified atom stereocenters. The molecule has 0 saturated carbocycles. The van der Waals surface area contributed by atoms with Gasteiger partial charge in [0, 0.05) is 0 Å². The van der Waals surface area contributed by atoms with E-state index in [-0.39, 0.29) is 0 Å². The lowest BCUT2D eigenvalue weighted by molar-refractivity contribution is -0.159. The van der Waals surface area contributed by atoms with Crippen molar-refractivity contribution in [2.24, 2.45) is 5.41 Å². The van der Waals surface area contributed by atoms with Crippen molar-refractivity contribution in [1.29, 1.82) is 0 Å². The van der Waals surface area contributed by atoms with Crippen LogP contribution >= 0.6 is 8.25 Å². The molecule has 0 aliphatic carbocycles. The van der Waals surface area contributed by atoms with Gasteiger partial charge >= 0.3 is 14.2 Å². The molecule has 12 heavy (non-hydrogen) atoms. The Bertz CT molecular complexity index is 183. The molecule has 0 aliphatic heterocycles. The number of carbonyl (C=O) groups excluding carboxylic acids is 1. The standard InChI is InChI=1S/C6H13O5P/c1-6(2,3)5(7)10-4-11-12(8)9/h12H,4H2,1-3H3,(H,8,9). The molecular formula is C6H13O5P. The highest BCUT2D eigenvalue weighted by atomic mass is 31.1. The minimum atomic E-state index is -3.00. The van der Waals surface area contributed by atoms with E-state index in [0.717, 1.165) is 0 Å². The van der Waals surface area contributed by atoms with Gasteiger partial charge in [0.25, 0.3) is 0 Å². The highest BCUT2D eigenvalue weighted by Gasteiger charge is 2.22. The first-order chi connectivity index (χ1) is 5.34. The van der Waals surface area contributed by atoms with Crippen molar-refractivity contribution >= 4 is 14.2 Å². The van der Waals surface area contributed by atoms with Gasteiger partial charge in [0.2, 0.25) is 6.79 Å². The van der Waals surface area contributed by atoms with E-state index in [1.54, 1.807) is 20.8 Å². The summed E-state index contributed by atoms with van der Waals surface area (Å²) in [5, 5.41) is 0. The molecule has 0 fully saturated rings. The van der Waals surface area contributed by atoms with E-state index in [1.807, 2.05) is 0 Å². The number of hydrogen-bond acceptors (Lipinski definition) is 4. The van der Waals surface area contributed by atoms with Crippen LogP contribution in [0.4, 0.5) is 0 Å². The first-order valence-electron chi connectivity index (χ1n) is 3.37. The van der Waals surface area contributed by atoms with Crippen molar-refractivity contribution in [1.82, 2.24) is 0 Å². The van der Waals surface area contributed by atoms with Gasteiger partial charge in [-0.2, -0.15) is 0 Å². The highest BCUT2D eigenvalue weighted by Crippen LogP contribution is 2.17. The molecular weight excluding hydrogens is 183 g/mol. The number of rotatable bonds is 3. The molecule has 6 heteroatoms. The van der Waals surface area contributed by atoms with E-state index in [2.05, 4.69) is 9.26 Å². The first-order valence-corrected chi connectivity index (χ1v) is 4.63. The number of carbonyl (C=O) groups is 1. The smallest absolute Gasteiger partial charge is 0.319 e. The Morgan fingerprint density at radius 1 is 1.50 bits per heavy atom. The predicted molar refractivity (Wildman–Crippen MR) is 42.7 cm³/mol. The summed E-state index contributed by atoms with van der Waals surface area (Å²) >= 11 is 0. The highest BCUT2D eigenvalue weighted by molar-refractivity contribution is 7.32. The molecule has 0 aromatic carbocycles. The van der Waals surface area contributed by atoms with Crippen LogP contribution in [0.1, 0.15) is 20.8 Å². The van der Waals surface area contributed by atoms with Gasteiger partial charge in [0.05, 0.1) is 5.41 Å². The lowest BCUT2D eigenvalue weighted by Gasteiger charge is -2.15. The Kier molecular flexibility index (Phi) is 4.45. The molecule has 1 atom stereocenters. The zero-order valence-corrected chi connectivity index (χ0v) is 8.29. The van der Waals surface area contributed by atoms with E-state index < -0.39 is 26.4 Å². The van der Waals surface area contributed by atoms with Gasteiger partial charge in [-0.3, -0.25) is 13.9 Å². The molecule has 0 radical (unpaired) electrons. The molecule has 0 aromatic rings. The van der Waals surface area contributed by atoms with Crippen LogP contribution in [0.15, 0.2) is 0 Å². The van der Waals surface area contributed by atoms with Crippen molar-refractivity contribution in [3.8, 4) is 0 Å². The Hall–Kier alpha value is -0.380. The van der Waals surface area contributed by atoms with Crippen molar-refractivity contribution in [3.05, 3.63) is 0 Å². The van der Waals surface area contributed by atoms with Crippen molar-refractivity contribution in [2.45, 2.75) is 20.8 Å². The van der Waals surface area contributed by atoms with Crippen LogP contribution in [0, 0.1) is 5.41 Å². The molecule has 1 N–H and O–H groups in total. The summed E-state index contributed by atoms with van der Waals surface area (Å²) in [5.74, 6) is -0.467. The van der Waals surface area contributed by atoms with Crippen LogP contribution in [0.2, 0.25) is 0 Å². The number of hydrogen-bond donors (Lipinski definition) is 1. The Balaban J connectivity index is 3.66. The van der Waals surface area contributed by atoms with Crippen molar-refractivity contribution < 1.29 is 23.5 Å². The lowest BCUT2D eigenvalue weighted by Crippen LogP contribution is -2.23. The zero-order valence-electron chi connectivity index (χ0n) is 7.29. The van der Waals surface area contributed by atoms with Crippen LogP contribution in [-0.4, -0.2) is 17.7 Å². The van der Waals surface area contributed by atoms with Crippen LogP contribution in [0.25, 0.3) is 0 Å². The van der Waals surface area contributed by atoms with E-state index in [1.165, 1.54) is 0 Å². The third kappa shape index (κ3) is 5.29. The van der Waals surface area contributed by atoms with Gasteiger partial charge in [-0.25, -0.2) is 0 Å². The van der Waals surface area contributed by atoms with Gasteiger partial charge < -0.3 is 9.63 Å². The zero-order chi connectivity index (χ0) is 9.78. The second-order valence-electron chi connectivity index (χ2n) is 3.21. The summed E-state index contributed by atoms with van der Waals surface area (Å²) < 4.78 is 18.7. The van der Waals surface area contributed by atoms with E-state index in [9.17, 15) is 9.36 Å². The maximum Gasteiger partial charge on any atom is 0.319 e. The average molecular weight is 196 g/mol. The van der Waals surface area contributed by atoms with Gasteiger partial charge in [-0.1, -0.05) is 0 Å². The summed E-state index contributed by atoms with van der Waals surface area (Å²) in [6.07, 6.45) is 0. The Morgan fingerprint density at radius 3 is 2.33 bits per heavy atom. The fraction of sp³-hybridized carbons (Fsp3) is 0.833. The Morgan fingerprint density at radius 2 is 2.00 bits per heavy atom. The van der Waals surface area contributed by atoms with Gasteiger partial charge in [0.15, 0.2) is 0 Å². The molecule has 0 aromatic heterocycles. The molecule has 0 aliphatic rings. The maximum absolute atomic E-state index is 11.0. The Labute approximate surface area is 71.6 Å². The summed E-state index contributed by atoms with van der Waals surface area (Å²) in [5.41, 5.74) is -0.616. The average Bonchev–Trinajstić information content (AvgIpc) is 1.84. The fourth-order valence-corrected chi connectivity index (χ4v) is 0.510. The van der Waals surface area contributed by atoms with E-state index in [4.69, 9.17) is 4.89 Å². The summed E-state index contributed by atoms with van der Waals surface area (Å²) in [7, 11) is -3.00. The number of esters is 1. The molecule has 0 amide bonds. The molecule has 0 spiro atoms. The lowest BCUT2D eigenvalue weighted by atomic mass is 9.98. The third-order valence-corrected chi connectivity index (χ3v) is 1.35. The molecule has 5 nitrogen and oxygen atoms in total. The molecule has 0 saturated heterocycles. The minimum Gasteiger partial charge on any atom is -0.438 e. The SMILES string of the molecule is CC(C)(C)C(=O)OCO[PH](=O)O. The van der Waals surface area contributed by atoms with Crippen LogP contribution in [0.3, 0.4) is 0 Å². The summed E-state index contributed by atoms with van der Waals surface area (Å²) in [6, 6.07) is 0. The maximum atomic E-state index is 11.0. The van der Waals surface area contributed by atoms with Crippen molar-refractivity contribution in [3.63, 3.8) is 0 Å². The summed E-state index contributed by atoms with van der Waals surface area (Å²) in [4.78, 5) is 19.2. The normalized spacial score (nSPS) is 14.0. The predicted octanol–water partition coefficient (Wildman–Crippen LogP) is 0.932. The fourth-order valence-electron chi connectivity index (χ4n) is 0.350. The second-order valence-corrected chi connectivity index (χ2v) is 4.03. The summed E-state index contributed by atoms with van der Waals surface area (Å²) in [6.45, 7) is 4.57. The minimum absolute atomic E-state index is 0.467. The van der Waals surface area contributed by atoms with Crippen LogP contribution in [0.5, 0.6) is 0 Å². The molecule has 0 rings (SSSR count). The van der Waals surface area contributed by atoms with Gasteiger partial charge in [-0.15, -0.1) is 0 Å². The monoisotopic (exact) mass is 196 g/mol.